The van der Waals surface area contributed by atoms with E-state index in [0.717, 1.165) is 43.2 Å². The minimum atomic E-state index is -2.64. The fourth-order valence-corrected chi connectivity index (χ4v) is 5.49. The second-order valence-electron chi connectivity index (χ2n) is 9.66. The molecule has 0 aromatic heterocycles. The maximum Gasteiger partial charge on any atom is 0.272 e. The lowest BCUT2D eigenvalue weighted by molar-refractivity contribution is -0.148. The molecule has 2 saturated heterocycles. The first-order chi connectivity index (χ1) is 15.7. The Morgan fingerprint density at radius 2 is 1.85 bits per heavy atom. The lowest BCUT2D eigenvalue weighted by Gasteiger charge is -2.39. The van der Waals surface area contributed by atoms with E-state index in [4.69, 9.17) is 11.6 Å². The van der Waals surface area contributed by atoms with E-state index in [-0.39, 0.29) is 37.4 Å². The summed E-state index contributed by atoms with van der Waals surface area (Å²) in [5.74, 6) is -3.28. The Morgan fingerprint density at radius 3 is 2.55 bits per heavy atom. The molecule has 2 atom stereocenters. The van der Waals surface area contributed by atoms with Gasteiger partial charge in [0.25, 0.3) is 11.8 Å². The molecule has 9 heteroatoms. The van der Waals surface area contributed by atoms with Crippen LogP contribution in [0.5, 0.6) is 0 Å². The molecule has 4 rings (SSSR count). The first-order valence-electron chi connectivity index (χ1n) is 11.9. The van der Waals surface area contributed by atoms with Crippen LogP contribution in [0.25, 0.3) is 0 Å². The van der Waals surface area contributed by atoms with Crippen LogP contribution in [0, 0.1) is 5.92 Å². The number of halogens is 3. The number of nitrogens with zero attached hydrogens (tertiary/aromatic N) is 2. The van der Waals surface area contributed by atoms with Crippen molar-refractivity contribution in [2.75, 3.05) is 19.6 Å². The highest BCUT2D eigenvalue weighted by Crippen LogP contribution is 2.30. The summed E-state index contributed by atoms with van der Waals surface area (Å²) in [6.45, 7) is 0.475. The van der Waals surface area contributed by atoms with Crippen molar-refractivity contribution in [3.63, 3.8) is 0 Å². The molecule has 1 saturated carbocycles. The summed E-state index contributed by atoms with van der Waals surface area (Å²) < 4.78 is 26.4. The van der Waals surface area contributed by atoms with Gasteiger partial charge in [-0.3, -0.25) is 14.5 Å². The van der Waals surface area contributed by atoms with Gasteiger partial charge in [0, 0.05) is 24.7 Å². The summed E-state index contributed by atoms with van der Waals surface area (Å²) in [5, 5.41) is 14.0. The number of carbonyl (C=O) groups excluding carboxylic acids is 2. The predicted molar refractivity (Wildman–Crippen MR) is 121 cm³/mol. The number of benzene rings is 1. The van der Waals surface area contributed by atoms with Gasteiger partial charge in [-0.1, -0.05) is 36.9 Å². The molecule has 1 aromatic carbocycles. The van der Waals surface area contributed by atoms with Crippen LogP contribution in [0.3, 0.4) is 0 Å². The highest BCUT2D eigenvalue weighted by molar-refractivity contribution is 6.30. The number of aliphatic hydroxyl groups excluding tert-OH is 1. The highest BCUT2D eigenvalue weighted by Gasteiger charge is 2.43. The molecule has 0 spiro atoms. The minimum Gasteiger partial charge on any atom is -0.383 e. The summed E-state index contributed by atoms with van der Waals surface area (Å²) in [7, 11) is 0. The van der Waals surface area contributed by atoms with Gasteiger partial charge in [-0.25, -0.2) is 8.78 Å². The van der Waals surface area contributed by atoms with Gasteiger partial charge >= 0.3 is 0 Å². The summed E-state index contributed by atoms with van der Waals surface area (Å²) in [6, 6.07) is 4.64. The van der Waals surface area contributed by atoms with Crippen molar-refractivity contribution in [1.29, 1.82) is 0 Å². The quantitative estimate of drug-likeness (QED) is 0.624. The Balaban J connectivity index is 1.36. The van der Waals surface area contributed by atoms with Crippen molar-refractivity contribution in [3.8, 4) is 0 Å². The van der Waals surface area contributed by atoms with Crippen LogP contribution in [0.15, 0.2) is 18.2 Å². The molecule has 6 nitrogen and oxygen atoms in total. The molecule has 33 heavy (non-hydrogen) atoms. The molecular formula is C24H32ClF2N3O3. The molecule has 2 aliphatic heterocycles. The van der Waals surface area contributed by atoms with Crippen LogP contribution < -0.4 is 5.32 Å². The van der Waals surface area contributed by atoms with Crippen molar-refractivity contribution in [2.45, 2.75) is 76.1 Å². The third-order valence-corrected chi connectivity index (χ3v) is 7.35. The molecule has 182 valence electrons. The summed E-state index contributed by atoms with van der Waals surface area (Å²) in [4.78, 5) is 29.1. The molecule has 3 fully saturated rings. The Kier molecular flexibility index (Phi) is 7.56. The van der Waals surface area contributed by atoms with Crippen molar-refractivity contribution < 1.29 is 23.5 Å². The number of hydrogen-bond donors (Lipinski definition) is 2. The SMILES string of the molecule is O=C(NCc1cc(Cl)ccc1CN1CC(F)(F)C1)[C@@H]1CCCN1C(=O)[C@H](O)C1CCCCC1. The Labute approximate surface area is 198 Å². The van der Waals surface area contributed by atoms with Crippen molar-refractivity contribution in [3.05, 3.63) is 34.3 Å². The number of hydrogen-bond acceptors (Lipinski definition) is 4. The zero-order valence-corrected chi connectivity index (χ0v) is 19.5. The van der Waals surface area contributed by atoms with Crippen molar-refractivity contribution in [2.24, 2.45) is 5.92 Å². The van der Waals surface area contributed by atoms with Gasteiger partial charge in [0.15, 0.2) is 0 Å². The Morgan fingerprint density at radius 1 is 1.12 bits per heavy atom. The average Bonchev–Trinajstić information content (AvgIpc) is 3.27. The van der Waals surface area contributed by atoms with Crippen LogP contribution in [-0.2, 0) is 22.7 Å². The zero-order valence-electron chi connectivity index (χ0n) is 18.7. The minimum absolute atomic E-state index is 0.0292. The molecule has 2 N–H and O–H groups in total. The fourth-order valence-electron chi connectivity index (χ4n) is 5.30. The van der Waals surface area contributed by atoms with E-state index in [0.29, 0.717) is 31.0 Å². The van der Waals surface area contributed by atoms with Gasteiger partial charge in [-0.15, -0.1) is 0 Å². The van der Waals surface area contributed by atoms with Crippen molar-refractivity contribution in [1.82, 2.24) is 15.1 Å². The topological polar surface area (TPSA) is 72.9 Å². The largest absolute Gasteiger partial charge is 0.383 e. The van der Waals surface area contributed by atoms with Crippen LogP contribution in [-0.4, -0.2) is 64.4 Å². The third-order valence-electron chi connectivity index (χ3n) is 7.11. The smallest absolute Gasteiger partial charge is 0.272 e. The molecule has 1 aromatic rings. The van der Waals surface area contributed by atoms with Gasteiger partial charge in [-0.05, 0) is 54.9 Å². The monoisotopic (exact) mass is 483 g/mol. The summed E-state index contributed by atoms with van der Waals surface area (Å²) >= 11 is 6.14. The van der Waals surface area contributed by atoms with E-state index >= 15 is 0 Å². The molecular weight excluding hydrogens is 452 g/mol. The van der Waals surface area contributed by atoms with Gasteiger partial charge < -0.3 is 15.3 Å². The van der Waals surface area contributed by atoms with E-state index < -0.39 is 18.1 Å². The number of likely N-dealkylation sites (tertiary alicyclic amines) is 2. The predicted octanol–water partition coefficient (Wildman–Crippen LogP) is 3.34. The second-order valence-corrected chi connectivity index (χ2v) is 10.1. The van der Waals surface area contributed by atoms with Gasteiger partial charge in [0.1, 0.15) is 12.1 Å². The average molecular weight is 484 g/mol. The van der Waals surface area contributed by atoms with E-state index in [9.17, 15) is 23.5 Å². The lowest BCUT2D eigenvalue weighted by Crippen LogP contribution is -2.55. The van der Waals surface area contributed by atoms with Crippen LogP contribution in [0.2, 0.25) is 5.02 Å². The summed E-state index contributed by atoms with van der Waals surface area (Å²) in [6.07, 6.45) is 5.10. The first-order valence-corrected chi connectivity index (χ1v) is 12.2. The van der Waals surface area contributed by atoms with E-state index in [2.05, 4.69) is 5.32 Å². The summed E-state index contributed by atoms with van der Waals surface area (Å²) in [5.41, 5.74) is 1.60. The molecule has 2 heterocycles. The third kappa shape index (κ3) is 5.84. The van der Waals surface area contributed by atoms with Crippen molar-refractivity contribution >= 4 is 23.4 Å². The number of rotatable bonds is 7. The number of amides is 2. The van der Waals surface area contributed by atoms with Gasteiger partial charge in [0.05, 0.1) is 13.1 Å². The van der Waals surface area contributed by atoms with Gasteiger partial charge in [-0.2, -0.15) is 0 Å². The molecule has 0 unspecified atom stereocenters. The zero-order chi connectivity index (χ0) is 23.6. The number of nitrogens with one attached hydrogen (secondary N) is 1. The van der Waals surface area contributed by atoms with Crippen LogP contribution in [0.1, 0.15) is 56.1 Å². The number of aliphatic hydroxyl groups is 1. The molecule has 3 aliphatic rings. The normalized spacial score (nSPS) is 24.4. The maximum absolute atomic E-state index is 13.2. The Bertz CT molecular complexity index is 871. The maximum atomic E-state index is 13.2. The first kappa shape index (κ1) is 24.4. The number of alkyl halides is 2. The standard InChI is InChI=1S/C24H32ClF2N3O3/c25-19-9-8-17(13-29-14-24(26,27)15-29)18(11-19)12-28-22(32)20-7-4-10-30(20)23(33)21(31)16-5-2-1-3-6-16/h8-9,11,16,20-21,31H,1-7,10,12-15H2,(H,28,32)/t20-,21+/m0/s1. The fraction of sp³-hybridized carbons (Fsp3) is 0.667. The molecule has 0 radical (unpaired) electrons. The molecule has 0 bridgehead atoms. The highest BCUT2D eigenvalue weighted by atomic mass is 35.5. The lowest BCUT2D eigenvalue weighted by atomic mass is 9.84. The van der Waals surface area contributed by atoms with Crippen LogP contribution in [0.4, 0.5) is 8.78 Å². The van der Waals surface area contributed by atoms with E-state index in [1.54, 1.807) is 23.1 Å². The van der Waals surface area contributed by atoms with E-state index in [1.165, 1.54) is 4.90 Å². The van der Waals surface area contributed by atoms with Crippen LogP contribution >= 0.6 is 11.6 Å². The molecule has 1 aliphatic carbocycles. The van der Waals surface area contributed by atoms with E-state index in [1.807, 2.05) is 0 Å². The Hall–Kier alpha value is -1.77. The van der Waals surface area contributed by atoms with Gasteiger partial charge in [0.2, 0.25) is 5.91 Å². The second kappa shape index (κ2) is 10.2. The molecule has 2 amide bonds. The number of carbonyl (C=O) groups is 2.